The molecule has 2 aromatic heterocycles. The summed E-state index contributed by atoms with van der Waals surface area (Å²) in [5.41, 5.74) is 2.93. The van der Waals surface area contributed by atoms with Crippen LogP contribution in [0.4, 0.5) is 5.00 Å². The van der Waals surface area contributed by atoms with E-state index in [9.17, 15) is 15.3 Å². The maximum absolute atomic E-state index is 12.9. The molecule has 1 atom stereocenters. The number of thioether (sulfide) groups is 1. The van der Waals surface area contributed by atoms with Crippen molar-refractivity contribution in [3.05, 3.63) is 39.4 Å². The number of pyridine rings is 1. The summed E-state index contributed by atoms with van der Waals surface area (Å²) in [6.07, 6.45) is 1.42. The number of anilines is 1. The Bertz CT molecular complexity index is 986. The van der Waals surface area contributed by atoms with Crippen molar-refractivity contribution in [2.24, 2.45) is 0 Å². The molecular formula is C20H21N5OS2. The molecule has 3 rings (SSSR count). The first-order valence-electron chi connectivity index (χ1n) is 9.05. The third-order valence-corrected chi connectivity index (χ3v) is 7.13. The van der Waals surface area contributed by atoms with Gasteiger partial charge >= 0.3 is 0 Å². The lowest BCUT2D eigenvalue weighted by molar-refractivity contribution is -0.115. The minimum Gasteiger partial charge on any atom is -0.316 e. The van der Waals surface area contributed by atoms with Gasteiger partial charge in [0.05, 0.1) is 16.4 Å². The summed E-state index contributed by atoms with van der Waals surface area (Å²) in [6, 6.07) is 7.92. The van der Waals surface area contributed by atoms with Gasteiger partial charge in [-0.05, 0) is 44.5 Å². The number of hydrogen-bond donors (Lipinski definition) is 1. The lowest BCUT2D eigenvalue weighted by Crippen LogP contribution is -2.25. The van der Waals surface area contributed by atoms with Gasteiger partial charge in [0.25, 0.3) is 0 Å². The maximum atomic E-state index is 12.9. The molecule has 0 aromatic carbocycles. The lowest BCUT2D eigenvalue weighted by atomic mass is 10.0. The fraction of sp³-hybridized carbons (Fsp3) is 0.400. The second-order valence-electron chi connectivity index (χ2n) is 6.73. The Labute approximate surface area is 173 Å². The molecule has 0 fully saturated rings. The highest BCUT2D eigenvalue weighted by atomic mass is 32.2. The van der Waals surface area contributed by atoms with Gasteiger partial charge in [-0.15, -0.1) is 11.3 Å². The third kappa shape index (κ3) is 4.20. The fourth-order valence-electron chi connectivity index (χ4n) is 3.09. The van der Waals surface area contributed by atoms with Crippen LogP contribution in [0.2, 0.25) is 0 Å². The molecule has 0 aliphatic carbocycles. The van der Waals surface area contributed by atoms with Crippen LogP contribution in [0.3, 0.4) is 0 Å². The minimum absolute atomic E-state index is 0.164. The van der Waals surface area contributed by atoms with Crippen molar-refractivity contribution < 1.29 is 4.79 Å². The minimum atomic E-state index is -0.394. The number of amides is 1. The number of aryl methyl sites for hydroxylation is 1. The van der Waals surface area contributed by atoms with E-state index in [4.69, 9.17) is 0 Å². The first-order chi connectivity index (χ1) is 13.5. The Morgan fingerprint density at radius 3 is 2.89 bits per heavy atom. The zero-order valence-electron chi connectivity index (χ0n) is 16.1. The van der Waals surface area contributed by atoms with E-state index in [0.29, 0.717) is 27.6 Å². The maximum Gasteiger partial charge on any atom is 0.238 e. The van der Waals surface area contributed by atoms with E-state index in [1.54, 1.807) is 12.1 Å². The summed E-state index contributed by atoms with van der Waals surface area (Å²) in [4.78, 5) is 20.7. The highest BCUT2D eigenvalue weighted by Crippen LogP contribution is 2.37. The zero-order valence-corrected chi connectivity index (χ0v) is 17.7. The topological polar surface area (TPSA) is 92.8 Å². The number of hydrogen-bond acceptors (Lipinski definition) is 7. The number of fused-ring (bicyclic) bond motifs is 1. The number of carbonyl (C=O) groups is 1. The molecule has 144 valence electrons. The normalized spacial score (nSPS) is 14.6. The molecular weight excluding hydrogens is 390 g/mol. The van der Waals surface area contributed by atoms with Crippen LogP contribution in [0.1, 0.15) is 40.6 Å². The summed E-state index contributed by atoms with van der Waals surface area (Å²) in [7, 11) is 2.05. The van der Waals surface area contributed by atoms with Gasteiger partial charge in [0.2, 0.25) is 5.91 Å². The molecule has 0 radical (unpaired) electrons. The van der Waals surface area contributed by atoms with E-state index < -0.39 is 5.25 Å². The number of thiophene rings is 1. The van der Waals surface area contributed by atoms with Crippen LogP contribution >= 0.6 is 23.1 Å². The van der Waals surface area contributed by atoms with Crippen LogP contribution < -0.4 is 5.32 Å². The van der Waals surface area contributed by atoms with Crippen molar-refractivity contribution in [1.82, 2.24) is 9.88 Å². The van der Waals surface area contributed by atoms with Crippen molar-refractivity contribution in [1.29, 1.82) is 10.5 Å². The number of rotatable bonds is 5. The molecule has 1 amide bonds. The number of nitrogens with one attached hydrogen (secondary N) is 1. The average molecular weight is 412 g/mol. The van der Waals surface area contributed by atoms with Gasteiger partial charge in [-0.3, -0.25) is 4.79 Å². The number of aromatic nitrogens is 1. The standard InChI is InChI=1S/C20H21N5OS2/c1-4-16(27-19-13(9-21)6-5-12(2)23-19)18(26)24-20-15(10-22)14-7-8-25(3)11-17(14)28-20/h5-6,16H,4,7-8,11H2,1-3H3,(H,24,26). The summed E-state index contributed by atoms with van der Waals surface area (Å²) in [5.74, 6) is -0.164. The van der Waals surface area contributed by atoms with Crippen LogP contribution in [-0.2, 0) is 17.8 Å². The van der Waals surface area contributed by atoms with E-state index in [2.05, 4.69) is 34.4 Å². The molecule has 3 heterocycles. The van der Waals surface area contributed by atoms with E-state index in [1.165, 1.54) is 23.1 Å². The van der Waals surface area contributed by atoms with Gasteiger partial charge in [-0.2, -0.15) is 10.5 Å². The third-order valence-electron chi connectivity index (χ3n) is 4.63. The van der Waals surface area contributed by atoms with Crippen molar-refractivity contribution >= 4 is 34.0 Å². The zero-order chi connectivity index (χ0) is 20.3. The molecule has 8 heteroatoms. The van der Waals surface area contributed by atoms with Crippen LogP contribution in [0.15, 0.2) is 17.2 Å². The number of carbonyl (C=O) groups excluding carboxylic acids is 1. The second kappa shape index (κ2) is 8.74. The van der Waals surface area contributed by atoms with Gasteiger partial charge < -0.3 is 10.2 Å². The Morgan fingerprint density at radius 2 is 2.21 bits per heavy atom. The van der Waals surface area contributed by atoms with Gasteiger partial charge in [0.15, 0.2) is 0 Å². The summed E-state index contributed by atoms with van der Waals surface area (Å²) >= 11 is 2.79. The largest absolute Gasteiger partial charge is 0.316 e. The molecule has 1 unspecified atom stereocenters. The molecule has 0 saturated carbocycles. The lowest BCUT2D eigenvalue weighted by Gasteiger charge is -2.21. The number of nitrogens with zero attached hydrogens (tertiary/aromatic N) is 4. The number of likely N-dealkylation sites (N-methyl/N-ethyl adjacent to an activating group) is 1. The quantitative estimate of drug-likeness (QED) is 0.754. The average Bonchev–Trinajstić information content (AvgIpc) is 3.01. The Hall–Kier alpha value is -2.39. The molecule has 1 aliphatic heterocycles. The van der Waals surface area contributed by atoms with E-state index >= 15 is 0 Å². The van der Waals surface area contributed by atoms with Crippen LogP contribution in [0.5, 0.6) is 0 Å². The molecule has 0 saturated heterocycles. The molecule has 0 spiro atoms. The monoisotopic (exact) mass is 411 g/mol. The van der Waals surface area contributed by atoms with E-state index in [-0.39, 0.29) is 5.91 Å². The Morgan fingerprint density at radius 1 is 1.43 bits per heavy atom. The molecule has 1 aliphatic rings. The predicted molar refractivity (Wildman–Crippen MR) is 111 cm³/mol. The Balaban J connectivity index is 1.81. The highest BCUT2D eigenvalue weighted by molar-refractivity contribution is 8.00. The smallest absolute Gasteiger partial charge is 0.238 e. The SMILES string of the molecule is CCC(Sc1nc(C)ccc1C#N)C(=O)Nc1sc2c(c1C#N)CCN(C)C2. The van der Waals surface area contributed by atoms with Crippen LogP contribution in [-0.4, -0.2) is 34.6 Å². The van der Waals surface area contributed by atoms with Crippen LogP contribution in [0, 0.1) is 29.6 Å². The van der Waals surface area contributed by atoms with Crippen molar-refractivity contribution in [3.8, 4) is 12.1 Å². The van der Waals surface area contributed by atoms with Crippen molar-refractivity contribution in [2.75, 3.05) is 18.9 Å². The van der Waals surface area contributed by atoms with Gasteiger partial charge in [0, 0.05) is 23.7 Å². The summed E-state index contributed by atoms with van der Waals surface area (Å²) in [5, 5.41) is 22.7. The van der Waals surface area contributed by atoms with Crippen molar-refractivity contribution in [2.45, 2.75) is 43.5 Å². The first kappa shape index (κ1) is 20.3. The molecule has 6 nitrogen and oxygen atoms in total. The van der Waals surface area contributed by atoms with Gasteiger partial charge in [0.1, 0.15) is 22.2 Å². The summed E-state index contributed by atoms with van der Waals surface area (Å²) in [6.45, 7) is 5.50. The molecule has 0 bridgehead atoms. The second-order valence-corrected chi connectivity index (χ2v) is 9.03. The van der Waals surface area contributed by atoms with E-state index in [0.717, 1.165) is 35.6 Å². The summed E-state index contributed by atoms with van der Waals surface area (Å²) < 4.78 is 0. The molecule has 28 heavy (non-hydrogen) atoms. The van der Waals surface area contributed by atoms with Crippen LogP contribution in [0.25, 0.3) is 0 Å². The van der Waals surface area contributed by atoms with E-state index in [1.807, 2.05) is 13.8 Å². The Kier molecular flexibility index (Phi) is 6.35. The highest BCUT2D eigenvalue weighted by Gasteiger charge is 2.26. The van der Waals surface area contributed by atoms with Crippen molar-refractivity contribution in [3.63, 3.8) is 0 Å². The molecule has 1 N–H and O–H groups in total. The predicted octanol–water partition coefficient (Wildman–Crippen LogP) is 3.69. The van der Waals surface area contributed by atoms with Gasteiger partial charge in [-0.25, -0.2) is 4.98 Å². The first-order valence-corrected chi connectivity index (χ1v) is 10.7. The number of nitriles is 2. The molecule has 2 aromatic rings. The fourth-order valence-corrected chi connectivity index (χ4v) is 5.42. The van der Waals surface area contributed by atoms with Gasteiger partial charge in [-0.1, -0.05) is 18.7 Å².